The Hall–Kier alpha value is -2.65. The number of carboxylic acid groups (broad SMARTS) is 1. The van der Waals surface area contributed by atoms with Crippen molar-refractivity contribution in [3.8, 4) is 0 Å². The van der Waals surface area contributed by atoms with Gasteiger partial charge in [0.25, 0.3) is 0 Å². The van der Waals surface area contributed by atoms with E-state index in [1.165, 1.54) is 28.8 Å². The number of hydrogen-bond acceptors (Lipinski definition) is 5. The molecule has 1 aliphatic rings. The maximum Gasteiger partial charge on any atom is 0.335 e. The first kappa shape index (κ1) is 20.1. The molecule has 0 saturated carbocycles. The second kappa shape index (κ2) is 8.57. The number of carbonyl (C=O) groups is 3. The number of carboxylic acids is 1. The van der Waals surface area contributed by atoms with Crippen molar-refractivity contribution in [2.45, 2.75) is 11.7 Å². The molecule has 1 fully saturated rings. The van der Waals surface area contributed by atoms with Crippen LogP contribution >= 0.6 is 27.7 Å². The maximum absolute atomic E-state index is 12.6. The lowest BCUT2D eigenvalue weighted by Gasteiger charge is -2.28. The lowest BCUT2D eigenvalue weighted by Crippen LogP contribution is -2.43. The average Bonchev–Trinajstić information content (AvgIpc) is 2.67. The van der Waals surface area contributed by atoms with Gasteiger partial charge in [-0.2, -0.15) is 0 Å². The van der Waals surface area contributed by atoms with Gasteiger partial charge >= 0.3 is 5.97 Å². The molecule has 3 rings (SSSR count). The molecule has 0 unspecified atom stereocenters. The Morgan fingerprint density at radius 1 is 1.25 bits per heavy atom. The number of carbonyl (C=O) groups excluding carboxylic acids is 2. The molecule has 2 amide bonds. The van der Waals surface area contributed by atoms with Crippen LogP contribution < -0.4 is 5.32 Å². The van der Waals surface area contributed by atoms with Crippen LogP contribution in [0.5, 0.6) is 0 Å². The average molecular weight is 462 g/mol. The molecule has 9 heteroatoms. The molecule has 2 N–H and O–H groups in total. The highest BCUT2D eigenvalue weighted by molar-refractivity contribution is 9.10. The van der Waals surface area contributed by atoms with Gasteiger partial charge in [-0.1, -0.05) is 33.8 Å². The number of aliphatic imine (C=N–C) groups is 1. The summed E-state index contributed by atoms with van der Waals surface area (Å²) >= 11 is 4.55. The van der Waals surface area contributed by atoms with Crippen LogP contribution in [0.2, 0.25) is 0 Å². The van der Waals surface area contributed by atoms with Gasteiger partial charge in [0.1, 0.15) is 5.25 Å². The number of benzene rings is 2. The summed E-state index contributed by atoms with van der Waals surface area (Å²) in [6.07, 6.45) is 0.0327. The van der Waals surface area contributed by atoms with Crippen molar-refractivity contribution in [3.05, 3.63) is 58.6 Å². The van der Waals surface area contributed by atoms with Gasteiger partial charge in [-0.05, 0) is 42.5 Å². The van der Waals surface area contributed by atoms with E-state index in [-0.39, 0.29) is 23.8 Å². The Bertz CT molecular complexity index is 962. The van der Waals surface area contributed by atoms with Crippen LogP contribution in [0.3, 0.4) is 0 Å². The van der Waals surface area contributed by atoms with Crippen LogP contribution in [-0.4, -0.2) is 45.3 Å². The highest BCUT2D eigenvalue weighted by atomic mass is 79.9. The third-order valence-electron chi connectivity index (χ3n) is 3.99. The summed E-state index contributed by atoms with van der Waals surface area (Å²) in [6, 6.07) is 13.2. The molecule has 2 aromatic rings. The first-order valence-electron chi connectivity index (χ1n) is 8.25. The molecule has 0 aliphatic carbocycles. The van der Waals surface area contributed by atoms with Gasteiger partial charge in [0.2, 0.25) is 11.8 Å². The monoisotopic (exact) mass is 461 g/mol. The maximum atomic E-state index is 12.6. The zero-order valence-electron chi connectivity index (χ0n) is 14.8. The number of amidine groups is 1. The third-order valence-corrected chi connectivity index (χ3v) is 5.76. The first-order chi connectivity index (χ1) is 13.3. The van der Waals surface area contributed by atoms with Crippen LogP contribution in [-0.2, 0) is 9.59 Å². The number of thioether (sulfide) groups is 1. The van der Waals surface area contributed by atoms with Crippen molar-refractivity contribution in [1.82, 2.24) is 4.90 Å². The van der Waals surface area contributed by atoms with E-state index in [9.17, 15) is 14.4 Å². The lowest BCUT2D eigenvalue weighted by molar-refractivity contribution is -0.128. The fraction of sp³-hybridized carbons (Fsp3) is 0.158. The molecule has 144 valence electrons. The molecule has 0 spiro atoms. The number of nitrogens with zero attached hydrogens (tertiary/aromatic N) is 2. The summed E-state index contributed by atoms with van der Waals surface area (Å²) in [5.74, 6) is -1.67. The SMILES string of the molecule is CN1C(=O)C[C@@H](C(=O)Nc2cccc(C(=O)O)c2)SC1=Nc1ccc(Br)cc1. The Labute approximate surface area is 174 Å². The number of nitrogens with one attached hydrogen (secondary N) is 1. The molecule has 1 aliphatic heterocycles. The van der Waals surface area contributed by atoms with Gasteiger partial charge in [0, 0.05) is 23.6 Å². The van der Waals surface area contributed by atoms with Gasteiger partial charge < -0.3 is 10.4 Å². The third kappa shape index (κ3) is 4.79. The second-order valence-corrected chi connectivity index (χ2v) is 8.09. The zero-order chi connectivity index (χ0) is 20.3. The van der Waals surface area contributed by atoms with Crippen molar-refractivity contribution < 1.29 is 19.5 Å². The predicted octanol–water partition coefficient (Wildman–Crippen LogP) is 3.74. The minimum atomic E-state index is -1.08. The minimum Gasteiger partial charge on any atom is -0.478 e. The number of hydrogen-bond donors (Lipinski definition) is 2. The minimum absolute atomic E-state index is 0.0327. The summed E-state index contributed by atoms with van der Waals surface area (Å²) in [5, 5.41) is 11.5. The number of aromatic carboxylic acids is 1. The molecular weight excluding hydrogens is 446 g/mol. The summed E-state index contributed by atoms with van der Waals surface area (Å²) in [4.78, 5) is 41.9. The smallest absolute Gasteiger partial charge is 0.335 e. The highest BCUT2D eigenvalue weighted by Crippen LogP contribution is 2.29. The van der Waals surface area contributed by atoms with E-state index in [1.54, 1.807) is 31.3 Å². The van der Waals surface area contributed by atoms with Crippen molar-refractivity contribution >= 4 is 62.0 Å². The Balaban J connectivity index is 1.77. The van der Waals surface area contributed by atoms with Crippen LogP contribution in [0.4, 0.5) is 11.4 Å². The van der Waals surface area contributed by atoms with Crippen LogP contribution in [0.15, 0.2) is 58.0 Å². The molecule has 7 nitrogen and oxygen atoms in total. The van der Waals surface area contributed by atoms with E-state index in [1.807, 2.05) is 12.1 Å². The number of halogens is 1. The quantitative estimate of drug-likeness (QED) is 0.722. The molecule has 28 heavy (non-hydrogen) atoms. The van der Waals surface area contributed by atoms with Gasteiger partial charge in [-0.3, -0.25) is 14.5 Å². The van der Waals surface area contributed by atoms with Crippen LogP contribution in [0.25, 0.3) is 0 Å². The van der Waals surface area contributed by atoms with Gasteiger partial charge in [-0.15, -0.1) is 0 Å². The van der Waals surface area contributed by atoms with Crippen LogP contribution in [0, 0.1) is 0 Å². The van der Waals surface area contributed by atoms with Crippen molar-refractivity contribution in [1.29, 1.82) is 0 Å². The number of rotatable bonds is 4. The summed E-state index contributed by atoms with van der Waals surface area (Å²) in [5.41, 5.74) is 1.10. The molecule has 1 atom stereocenters. The predicted molar refractivity (Wildman–Crippen MR) is 112 cm³/mol. The number of amides is 2. The first-order valence-corrected chi connectivity index (χ1v) is 9.92. The molecule has 2 aromatic carbocycles. The largest absolute Gasteiger partial charge is 0.478 e. The summed E-state index contributed by atoms with van der Waals surface area (Å²) < 4.78 is 0.915. The normalized spacial score (nSPS) is 18.2. The van der Waals surface area contributed by atoms with Gasteiger partial charge in [-0.25, -0.2) is 9.79 Å². The Morgan fingerprint density at radius 3 is 2.64 bits per heavy atom. The van der Waals surface area contributed by atoms with Gasteiger partial charge in [0.15, 0.2) is 5.17 Å². The van der Waals surface area contributed by atoms with E-state index in [4.69, 9.17) is 5.11 Å². The Morgan fingerprint density at radius 2 is 1.96 bits per heavy atom. The van der Waals surface area contributed by atoms with Crippen molar-refractivity contribution in [3.63, 3.8) is 0 Å². The summed E-state index contributed by atoms with van der Waals surface area (Å²) in [6.45, 7) is 0. The van der Waals surface area contributed by atoms with E-state index in [2.05, 4.69) is 26.2 Å². The second-order valence-electron chi connectivity index (χ2n) is 6.01. The topological polar surface area (TPSA) is 99.1 Å². The highest BCUT2D eigenvalue weighted by Gasteiger charge is 2.34. The molecule has 0 radical (unpaired) electrons. The zero-order valence-corrected chi connectivity index (χ0v) is 17.2. The van der Waals surface area contributed by atoms with Crippen molar-refractivity contribution in [2.24, 2.45) is 4.99 Å². The van der Waals surface area contributed by atoms with E-state index in [0.717, 1.165) is 4.47 Å². The number of anilines is 1. The van der Waals surface area contributed by atoms with E-state index in [0.29, 0.717) is 16.5 Å². The molecule has 0 aromatic heterocycles. The van der Waals surface area contributed by atoms with Crippen LogP contribution in [0.1, 0.15) is 16.8 Å². The molecular formula is C19H16BrN3O4S. The lowest BCUT2D eigenvalue weighted by atomic mass is 10.2. The van der Waals surface area contributed by atoms with Crippen molar-refractivity contribution in [2.75, 3.05) is 12.4 Å². The molecule has 0 bridgehead atoms. The van der Waals surface area contributed by atoms with E-state index < -0.39 is 11.2 Å². The molecule has 1 heterocycles. The van der Waals surface area contributed by atoms with Gasteiger partial charge in [0.05, 0.1) is 11.3 Å². The fourth-order valence-corrected chi connectivity index (χ4v) is 3.81. The standard InChI is InChI=1S/C19H16BrN3O4S/c1-23-16(24)10-15(28-19(23)22-13-7-5-12(20)6-8-13)17(25)21-14-4-2-3-11(9-14)18(26)27/h2-9,15H,10H2,1H3,(H,21,25)(H,26,27)/t15-/m0/s1. The van der Waals surface area contributed by atoms with E-state index >= 15 is 0 Å². The Kier molecular flexibility index (Phi) is 6.15. The summed E-state index contributed by atoms with van der Waals surface area (Å²) in [7, 11) is 1.62. The fourth-order valence-electron chi connectivity index (χ4n) is 2.48. The molecule has 1 saturated heterocycles.